The maximum atomic E-state index is 11.1. The van der Waals surface area contributed by atoms with Gasteiger partial charge in [-0.3, -0.25) is 4.79 Å². The Labute approximate surface area is 137 Å². The fourth-order valence-corrected chi connectivity index (χ4v) is 2.61. The highest BCUT2D eigenvalue weighted by molar-refractivity contribution is 5.85. The van der Waals surface area contributed by atoms with Crippen LogP contribution in [-0.4, -0.2) is 17.6 Å². The molecule has 0 amide bonds. The molecule has 0 saturated carbocycles. The predicted octanol–water partition coefficient (Wildman–Crippen LogP) is 3.68. The molecule has 3 nitrogen and oxygen atoms in total. The van der Waals surface area contributed by atoms with Crippen LogP contribution in [-0.2, 0) is 4.79 Å². The van der Waals surface area contributed by atoms with Gasteiger partial charge >= 0.3 is 5.97 Å². The number of rotatable bonds is 7. The number of carboxylic acids is 1. The summed E-state index contributed by atoms with van der Waals surface area (Å²) < 4.78 is 0. The smallest absolute Gasteiger partial charge is 0.307 e. The molecule has 4 heteroatoms. The SMILES string of the molecule is Cl.NCC(CCC(c1ccccc1)c1ccccc1)C(=O)O. The van der Waals surface area contributed by atoms with Crippen molar-refractivity contribution in [3.05, 3.63) is 71.8 Å². The summed E-state index contributed by atoms with van der Waals surface area (Å²) in [6.07, 6.45) is 1.36. The third-order valence-electron chi connectivity index (χ3n) is 3.84. The van der Waals surface area contributed by atoms with Gasteiger partial charge in [0.1, 0.15) is 0 Å². The number of nitrogens with two attached hydrogens (primary N) is 1. The Balaban J connectivity index is 0.00000242. The molecular weight excluding hydrogens is 298 g/mol. The largest absolute Gasteiger partial charge is 0.481 e. The summed E-state index contributed by atoms with van der Waals surface area (Å²) in [4.78, 5) is 11.1. The van der Waals surface area contributed by atoms with Crippen molar-refractivity contribution >= 4 is 18.4 Å². The number of carboxylic acid groups (broad SMARTS) is 1. The highest BCUT2D eigenvalue weighted by Gasteiger charge is 2.20. The van der Waals surface area contributed by atoms with Crippen molar-refractivity contribution in [3.63, 3.8) is 0 Å². The second kappa shape index (κ2) is 9.23. The van der Waals surface area contributed by atoms with Crippen LogP contribution in [0.15, 0.2) is 60.7 Å². The van der Waals surface area contributed by atoms with E-state index in [4.69, 9.17) is 10.8 Å². The van der Waals surface area contributed by atoms with Crippen LogP contribution >= 0.6 is 12.4 Å². The Morgan fingerprint density at radius 3 is 1.73 bits per heavy atom. The van der Waals surface area contributed by atoms with Gasteiger partial charge in [0.15, 0.2) is 0 Å². The first-order chi connectivity index (χ1) is 10.2. The summed E-state index contributed by atoms with van der Waals surface area (Å²) in [5.41, 5.74) is 7.98. The number of benzene rings is 2. The van der Waals surface area contributed by atoms with Gasteiger partial charge in [0.25, 0.3) is 0 Å². The Bertz CT molecular complexity index is 520. The number of hydrogen-bond acceptors (Lipinski definition) is 2. The van der Waals surface area contributed by atoms with Crippen LogP contribution in [0.2, 0.25) is 0 Å². The Kier molecular flexibility index (Phi) is 7.64. The predicted molar refractivity (Wildman–Crippen MR) is 91.4 cm³/mol. The van der Waals surface area contributed by atoms with Crippen molar-refractivity contribution in [1.29, 1.82) is 0 Å². The molecule has 1 atom stereocenters. The summed E-state index contributed by atoms with van der Waals surface area (Å²) in [7, 11) is 0. The van der Waals surface area contributed by atoms with Gasteiger partial charge in [-0.1, -0.05) is 60.7 Å². The molecule has 0 saturated heterocycles. The minimum Gasteiger partial charge on any atom is -0.481 e. The zero-order chi connectivity index (χ0) is 15.1. The van der Waals surface area contributed by atoms with Crippen LogP contribution in [0.1, 0.15) is 29.9 Å². The molecule has 0 aliphatic rings. The normalized spacial score (nSPS) is 11.7. The molecule has 0 bridgehead atoms. The number of hydrogen-bond donors (Lipinski definition) is 2. The first-order valence-corrected chi connectivity index (χ1v) is 7.25. The minimum atomic E-state index is -0.808. The van der Waals surface area contributed by atoms with E-state index >= 15 is 0 Å². The molecule has 0 fully saturated rings. The summed E-state index contributed by atoms with van der Waals surface area (Å²) in [6.45, 7) is 0.186. The van der Waals surface area contributed by atoms with E-state index in [2.05, 4.69) is 24.3 Å². The van der Waals surface area contributed by atoms with Gasteiger partial charge in [0.05, 0.1) is 5.92 Å². The van der Waals surface area contributed by atoms with Crippen molar-refractivity contribution in [2.75, 3.05) is 6.54 Å². The van der Waals surface area contributed by atoms with E-state index in [9.17, 15) is 4.79 Å². The van der Waals surface area contributed by atoms with Gasteiger partial charge in [-0.25, -0.2) is 0 Å². The molecule has 22 heavy (non-hydrogen) atoms. The Morgan fingerprint density at radius 2 is 1.36 bits per heavy atom. The topological polar surface area (TPSA) is 63.3 Å². The van der Waals surface area contributed by atoms with E-state index < -0.39 is 11.9 Å². The van der Waals surface area contributed by atoms with E-state index in [1.165, 1.54) is 11.1 Å². The highest BCUT2D eigenvalue weighted by Crippen LogP contribution is 2.30. The molecule has 0 aliphatic carbocycles. The van der Waals surface area contributed by atoms with Gasteiger partial charge in [-0.2, -0.15) is 0 Å². The van der Waals surface area contributed by atoms with E-state index in [-0.39, 0.29) is 24.9 Å². The van der Waals surface area contributed by atoms with Crippen molar-refractivity contribution in [2.24, 2.45) is 11.7 Å². The minimum absolute atomic E-state index is 0. The fraction of sp³-hybridized carbons (Fsp3) is 0.278. The second-order valence-electron chi connectivity index (χ2n) is 5.22. The number of halogens is 1. The first kappa shape index (κ1) is 18.2. The molecule has 0 radical (unpaired) electrons. The zero-order valence-corrected chi connectivity index (χ0v) is 13.2. The lowest BCUT2D eigenvalue weighted by atomic mass is 9.85. The van der Waals surface area contributed by atoms with Crippen LogP contribution in [0.25, 0.3) is 0 Å². The Morgan fingerprint density at radius 1 is 0.909 bits per heavy atom. The zero-order valence-electron chi connectivity index (χ0n) is 12.4. The molecule has 0 aromatic heterocycles. The molecule has 3 N–H and O–H groups in total. The summed E-state index contributed by atoms with van der Waals surface area (Å²) in [5, 5.41) is 9.15. The molecule has 1 unspecified atom stereocenters. The Hall–Kier alpha value is -1.84. The molecule has 2 rings (SSSR count). The van der Waals surface area contributed by atoms with Crippen LogP contribution in [0.5, 0.6) is 0 Å². The van der Waals surface area contributed by atoms with Gasteiger partial charge in [0, 0.05) is 12.5 Å². The van der Waals surface area contributed by atoms with Gasteiger partial charge in [-0.05, 0) is 24.0 Å². The van der Waals surface area contributed by atoms with Crippen molar-refractivity contribution < 1.29 is 9.90 Å². The van der Waals surface area contributed by atoms with Gasteiger partial charge < -0.3 is 10.8 Å². The van der Waals surface area contributed by atoms with Crippen LogP contribution in [0.4, 0.5) is 0 Å². The van der Waals surface area contributed by atoms with Gasteiger partial charge in [0.2, 0.25) is 0 Å². The quantitative estimate of drug-likeness (QED) is 0.818. The molecule has 2 aromatic rings. The summed E-state index contributed by atoms with van der Waals surface area (Å²) in [5.74, 6) is -1.07. The van der Waals surface area contributed by atoms with Crippen LogP contribution in [0, 0.1) is 5.92 Å². The van der Waals surface area contributed by atoms with Crippen molar-refractivity contribution in [1.82, 2.24) is 0 Å². The summed E-state index contributed by atoms with van der Waals surface area (Å²) >= 11 is 0. The fourth-order valence-electron chi connectivity index (χ4n) is 2.61. The molecule has 0 spiro atoms. The van der Waals surface area contributed by atoms with Gasteiger partial charge in [-0.15, -0.1) is 12.4 Å². The van der Waals surface area contributed by atoms with Crippen molar-refractivity contribution in [3.8, 4) is 0 Å². The summed E-state index contributed by atoms with van der Waals surface area (Å²) in [6, 6.07) is 20.4. The van der Waals surface area contributed by atoms with Crippen LogP contribution < -0.4 is 5.73 Å². The number of carbonyl (C=O) groups is 1. The first-order valence-electron chi connectivity index (χ1n) is 7.25. The maximum absolute atomic E-state index is 11.1. The third-order valence-corrected chi connectivity index (χ3v) is 3.84. The molecule has 0 heterocycles. The monoisotopic (exact) mass is 319 g/mol. The molecule has 2 aromatic carbocycles. The third kappa shape index (κ3) is 4.86. The molecule has 0 aliphatic heterocycles. The van der Waals surface area contributed by atoms with E-state index in [0.29, 0.717) is 6.42 Å². The van der Waals surface area contributed by atoms with E-state index in [1.54, 1.807) is 0 Å². The number of aliphatic carboxylic acids is 1. The lowest BCUT2D eigenvalue weighted by Crippen LogP contribution is -2.23. The average molecular weight is 320 g/mol. The van der Waals surface area contributed by atoms with Crippen molar-refractivity contribution in [2.45, 2.75) is 18.8 Å². The van der Waals surface area contributed by atoms with E-state index in [0.717, 1.165) is 6.42 Å². The highest BCUT2D eigenvalue weighted by atomic mass is 35.5. The maximum Gasteiger partial charge on any atom is 0.307 e. The molecular formula is C18H22ClNO2. The lowest BCUT2D eigenvalue weighted by Gasteiger charge is -2.20. The lowest BCUT2D eigenvalue weighted by molar-refractivity contribution is -0.141. The second-order valence-corrected chi connectivity index (χ2v) is 5.22. The standard InChI is InChI=1S/C18H21NO2.ClH/c19-13-16(18(20)21)11-12-17(14-7-3-1-4-8-14)15-9-5-2-6-10-15;/h1-10,16-17H,11-13,19H2,(H,20,21);1H. The average Bonchev–Trinajstić information content (AvgIpc) is 2.53. The molecule has 118 valence electrons. The van der Waals surface area contributed by atoms with Crippen LogP contribution in [0.3, 0.4) is 0 Å². The van der Waals surface area contributed by atoms with E-state index in [1.807, 2.05) is 36.4 Å².